The highest BCUT2D eigenvalue weighted by molar-refractivity contribution is 9.10. The van der Waals surface area contributed by atoms with Crippen LogP contribution in [-0.4, -0.2) is 50.1 Å². The van der Waals surface area contributed by atoms with Crippen molar-refractivity contribution in [1.82, 2.24) is 14.5 Å². The van der Waals surface area contributed by atoms with Crippen LogP contribution in [0.4, 0.5) is 21.1 Å². The monoisotopic (exact) mass is 488 g/mol. The van der Waals surface area contributed by atoms with Crippen molar-refractivity contribution in [3.8, 4) is 0 Å². The number of para-hydroxylation sites is 1. The van der Waals surface area contributed by atoms with Crippen molar-refractivity contribution < 1.29 is 14.4 Å². The Morgan fingerprint density at radius 2 is 1.93 bits per heavy atom. The minimum Gasteiger partial charge on any atom is -0.351 e. The van der Waals surface area contributed by atoms with Crippen LogP contribution in [0.1, 0.15) is 0 Å². The van der Waals surface area contributed by atoms with Crippen molar-refractivity contribution in [3.05, 3.63) is 53.3 Å². The zero-order valence-corrected chi connectivity index (χ0v) is 17.9. The van der Waals surface area contributed by atoms with Crippen LogP contribution in [0.15, 0.2) is 53.3 Å². The standard InChI is InChI=1S/C19H17BrN6O3S/c20-14-6-3-7-15(23-14)24-16(27)17-25(8-9-30-17)19(29)22-12-10-26(18(21)28)13-5-2-1-4-11(12)13/h1-7,10,17H,8-9H2,(H2,21,28)(H,22,29)(H,23,24,27)/t17-/m0/s1. The van der Waals surface area contributed by atoms with Crippen LogP contribution in [0, 0.1) is 0 Å². The molecule has 1 saturated heterocycles. The van der Waals surface area contributed by atoms with Gasteiger partial charge in [-0.2, -0.15) is 0 Å². The van der Waals surface area contributed by atoms with E-state index in [1.165, 1.54) is 27.4 Å². The van der Waals surface area contributed by atoms with Gasteiger partial charge >= 0.3 is 12.1 Å². The molecule has 4 rings (SSSR count). The van der Waals surface area contributed by atoms with Gasteiger partial charge in [-0.15, -0.1) is 11.8 Å². The van der Waals surface area contributed by atoms with Crippen LogP contribution in [0.2, 0.25) is 0 Å². The maximum Gasteiger partial charge on any atom is 0.323 e. The van der Waals surface area contributed by atoms with Gasteiger partial charge in [0.25, 0.3) is 5.91 Å². The van der Waals surface area contributed by atoms with Crippen molar-refractivity contribution in [2.75, 3.05) is 22.9 Å². The Labute approximate surface area is 184 Å². The Morgan fingerprint density at radius 1 is 1.13 bits per heavy atom. The second-order valence-electron chi connectivity index (χ2n) is 6.45. The lowest BCUT2D eigenvalue weighted by Gasteiger charge is -2.23. The molecule has 2 aromatic heterocycles. The van der Waals surface area contributed by atoms with Crippen molar-refractivity contribution in [1.29, 1.82) is 0 Å². The highest BCUT2D eigenvalue weighted by Crippen LogP contribution is 2.29. The SMILES string of the molecule is NC(=O)n1cc(NC(=O)N2CCS[C@H]2C(=O)Nc2cccc(Br)n2)c2ccccc21. The van der Waals surface area contributed by atoms with Gasteiger partial charge in [0.05, 0.1) is 11.2 Å². The third-order valence-electron chi connectivity index (χ3n) is 4.53. The number of aromatic nitrogens is 2. The molecule has 0 radical (unpaired) electrons. The Hall–Kier alpha value is -3.05. The van der Waals surface area contributed by atoms with Gasteiger partial charge in [-0.25, -0.2) is 14.6 Å². The number of hydrogen-bond donors (Lipinski definition) is 3. The number of pyridine rings is 1. The number of rotatable bonds is 3. The number of nitrogens with one attached hydrogen (secondary N) is 2. The highest BCUT2D eigenvalue weighted by atomic mass is 79.9. The highest BCUT2D eigenvalue weighted by Gasteiger charge is 2.35. The summed E-state index contributed by atoms with van der Waals surface area (Å²) < 4.78 is 1.87. The van der Waals surface area contributed by atoms with Gasteiger partial charge in [-0.3, -0.25) is 9.36 Å². The molecular weight excluding hydrogens is 472 g/mol. The number of thioether (sulfide) groups is 1. The van der Waals surface area contributed by atoms with Crippen LogP contribution in [0.3, 0.4) is 0 Å². The van der Waals surface area contributed by atoms with Crippen molar-refractivity contribution >= 4 is 68.1 Å². The summed E-state index contributed by atoms with van der Waals surface area (Å²) in [7, 11) is 0. The molecule has 1 fully saturated rings. The number of carbonyl (C=O) groups excluding carboxylic acids is 3. The van der Waals surface area contributed by atoms with Gasteiger partial charge in [0.1, 0.15) is 10.4 Å². The summed E-state index contributed by atoms with van der Waals surface area (Å²) in [5.74, 6) is 0.685. The molecule has 11 heteroatoms. The third-order valence-corrected chi connectivity index (χ3v) is 6.18. The summed E-state index contributed by atoms with van der Waals surface area (Å²) in [6.45, 7) is 0.412. The minimum atomic E-state index is -0.699. The second-order valence-corrected chi connectivity index (χ2v) is 8.45. The second kappa shape index (κ2) is 8.36. The van der Waals surface area contributed by atoms with Gasteiger partial charge in [-0.05, 0) is 34.1 Å². The number of nitrogens with two attached hydrogens (primary N) is 1. The van der Waals surface area contributed by atoms with E-state index in [0.29, 0.717) is 39.3 Å². The number of primary amides is 1. The molecule has 0 aliphatic carbocycles. The predicted octanol–water partition coefficient (Wildman–Crippen LogP) is 3.27. The molecule has 154 valence electrons. The lowest BCUT2D eigenvalue weighted by atomic mass is 10.2. The molecule has 0 spiro atoms. The molecule has 0 bridgehead atoms. The Balaban J connectivity index is 1.52. The van der Waals surface area contributed by atoms with Crippen LogP contribution in [-0.2, 0) is 4.79 Å². The molecule has 9 nitrogen and oxygen atoms in total. The van der Waals surface area contributed by atoms with E-state index < -0.39 is 17.4 Å². The first kappa shape index (κ1) is 20.2. The number of hydrogen-bond acceptors (Lipinski definition) is 5. The fraction of sp³-hybridized carbons (Fsp3) is 0.158. The van der Waals surface area contributed by atoms with Crippen molar-refractivity contribution in [2.24, 2.45) is 5.73 Å². The quantitative estimate of drug-likeness (QED) is 0.488. The maximum absolute atomic E-state index is 12.9. The molecule has 4 N–H and O–H groups in total. The number of fused-ring (bicyclic) bond motifs is 1. The molecule has 1 aliphatic rings. The average molecular weight is 489 g/mol. The number of halogens is 1. The first-order valence-electron chi connectivity index (χ1n) is 8.96. The van der Waals surface area contributed by atoms with Crippen LogP contribution < -0.4 is 16.4 Å². The van der Waals surface area contributed by atoms with E-state index >= 15 is 0 Å². The van der Waals surface area contributed by atoms with Gasteiger partial charge in [0.2, 0.25) is 0 Å². The first-order chi connectivity index (χ1) is 14.4. The largest absolute Gasteiger partial charge is 0.351 e. The molecule has 1 aliphatic heterocycles. The molecule has 0 unspecified atom stereocenters. The first-order valence-corrected chi connectivity index (χ1v) is 10.8. The van der Waals surface area contributed by atoms with E-state index in [1.54, 1.807) is 42.5 Å². The molecule has 30 heavy (non-hydrogen) atoms. The van der Waals surface area contributed by atoms with Gasteiger partial charge < -0.3 is 21.3 Å². The molecule has 1 aromatic carbocycles. The van der Waals surface area contributed by atoms with Crippen molar-refractivity contribution in [2.45, 2.75) is 5.37 Å². The molecule has 3 heterocycles. The number of carbonyl (C=O) groups is 3. The summed E-state index contributed by atoms with van der Waals surface area (Å²) in [5.41, 5.74) is 6.46. The van der Waals surface area contributed by atoms with Gasteiger partial charge in [0, 0.05) is 23.9 Å². The predicted molar refractivity (Wildman–Crippen MR) is 119 cm³/mol. The normalized spacial score (nSPS) is 15.9. The number of benzene rings is 1. The average Bonchev–Trinajstić information content (AvgIpc) is 3.34. The molecular formula is C19H17BrN6O3S. The fourth-order valence-electron chi connectivity index (χ4n) is 3.21. The minimum absolute atomic E-state index is 0.335. The summed E-state index contributed by atoms with van der Waals surface area (Å²) in [6, 6.07) is 11.2. The van der Waals surface area contributed by atoms with Crippen molar-refractivity contribution in [3.63, 3.8) is 0 Å². The van der Waals surface area contributed by atoms with E-state index in [4.69, 9.17) is 5.73 Å². The molecule has 4 amide bonds. The van der Waals surface area contributed by atoms with E-state index in [1.807, 2.05) is 0 Å². The number of nitrogens with zero attached hydrogens (tertiary/aromatic N) is 3. The zero-order valence-electron chi connectivity index (χ0n) is 15.5. The Morgan fingerprint density at radius 3 is 2.70 bits per heavy atom. The van der Waals surface area contributed by atoms with Crippen LogP contribution in [0.25, 0.3) is 10.9 Å². The van der Waals surface area contributed by atoms with E-state index in [0.717, 1.165) is 0 Å². The topological polar surface area (TPSA) is 122 Å². The molecule has 0 saturated carbocycles. The summed E-state index contributed by atoms with van der Waals surface area (Å²) in [5, 5.41) is 5.51. The lowest BCUT2D eigenvalue weighted by molar-refractivity contribution is -0.117. The molecule has 1 atom stereocenters. The summed E-state index contributed by atoms with van der Waals surface area (Å²) in [4.78, 5) is 43.0. The van der Waals surface area contributed by atoms with E-state index in [9.17, 15) is 14.4 Å². The zero-order chi connectivity index (χ0) is 21.3. The fourth-order valence-corrected chi connectivity index (χ4v) is 4.67. The van der Waals surface area contributed by atoms with Gasteiger partial charge in [0.15, 0.2) is 5.37 Å². The smallest absolute Gasteiger partial charge is 0.323 e. The molecule has 3 aromatic rings. The summed E-state index contributed by atoms with van der Waals surface area (Å²) >= 11 is 4.63. The number of urea groups is 1. The van der Waals surface area contributed by atoms with Gasteiger partial charge in [-0.1, -0.05) is 24.3 Å². The van der Waals surface area contributed by atoms with E-state index in [2.05, 4.69) is 31.5 Å². The number of amides is 4. The Bertz CT molecular complexity index is 1150. The number of anilines is 2. The third kappa shape index (κ3) is 3.98. The van der Waals surface area contributed by atoms with Crippen LogP contribution >= 0.6 is 27.7 Å². The lowest BCUT2D eigenvalue weighted by Crippen LogP contribution is -2.44. The summed E-state index contributed by atoms with van der Waals surface area (Å²) in [6.07, 6.45) is 1.48. The maximum atomic E-state index is 12.9. The van der Waals surface area contributed by atoms with Crippen LogP contribution in [0.5, 0.6) is 0 Å². The Kier molecular flexibility index (Phi) is 5.64. The van der Waals surface area contributed by atoms with E-state index in [-0.39, 0.29) is 5.91 Å².